The first kappa shape index (κ1) is 60.6. The van der Waals surface area contributed by atoms with Crippen molar-refractivity contribution in [2.24, 2.45) is 0 Å². The number of hydrogen-bond donors (Lipinski definition) is 3. The summed E-state index contributed by atoms with van der Waals surface area (Å²) in [7, 11) is 0. The number of unbranched alkanes of at least 4 members (excludes halogenated alkanes) is 39. The summed E-state index contributed by atoms with van der Waals surface area (Å²) >= 11 is 0. The highest BCUT2D eigenvalue weighted by molar-refractivity contribution is 5.76. The maximum atomic E-state index is 12.4. The normalized spacial score (nSPS) is 12.6. The molecular weight excluding hydrogens is 767 g/mol. The molecule has 1 amide bonds. The van der Waals surface area contributed by atoms with Crippen molar-refractivity contribution in [1.29, 1.82) is 0 Å². The Hall–Kier alpha value is -1.40. The molecule has 0 aliphatic carbocycles. The van der Waals surface area contributed by atoms with E-state index in [4.69, 9.17) is 4.74 Å². The monoisotopic (exact) mass is 876 g/mol. The van der Waals surface area contributed by atoms with Gasteiger partial charge in [-0.2, -0.15) is 0 Å². The predicted molar refractivity (Wildman–Crippen MR) is 269 cm³/mol. The summed E-state index contributed by atoms with van der Waals surface area (Å²) < 4.78 is 5.47. The lowest BCUT2D eigenvalue weighted by Crippen LogP contribution is -2.45. The molecular formula is C56H109NO5. The molecule has 62 heavy (non-hydrogen) atoms. The lowest BCUT2D eigenvalue weighted by molar-refractivity contribution is -0.143. The number of carbonyl (C=O) groups is 2. The molecule has 3 N–H and O–H groups in total. The van der Waals surface area contributed by atoms with Gasteiger partial charge in [-0.05, 0) is 51.4 Å². The number of rotatable bonds is 52. The summed E-state index contributed by atoms with van der Waals surface area (Å²) in [5.74, 6) is -0.0502. The van der Waals surface area contributed by atoms with Gasteiger partial charge in [-0.25, -0.2) is 0 Å². The smallest absolute Gasteiger partial charge is 0.305 e. The van der Waals surface area contributed by atoms with Crippen molar-refractivity contribution in [2.75, 3.05) is 13.2 Å². The van der Waals surface area contributed by atoms with Crippen LogP contribution in [-0.2, 0) is 14.3 Å². The molecule has 0 radical (unpaired) electrons. The van der Waals surface area contributed by atoms with Crippen molar-refractivity contribution in [3.8, 4) is 0 Å². The van der Waals surface area contributed by atoms with E-state index in [-0.39, 0.29) is 18.5 Å². The van der Waals surface area contributed by atoms with Gasteiger partial charge < -0.3 is 20.3 Å². The van der Waals surface area contributed by atoms with Crippen LogP contribution in [0, 0.1) is 0 Å². The Kier molecular flexibility index (Phi) is 51.0. The zero-order chi connectivity index (χ0) is 45.1. The van der Waals surface area contributed by atoms with Crippen molar-refractivity contribution in [2.45, 2.75) is 321 Å². The number of hydrogen-bond acceptors (Lipinski definition) is 5. The second-order valence-electron chi connectivity index (χ2n) is 19.3. The first-order chi connectivity index (χ1) is 30.5. The van der Waals surface area contributed by atoms with Crippen LogP contribution in [0.3, 0.4) is 0 Å². The fraction of sp³-hybridized carbons (Fsp3) is 0.929. The van der Waals surface area contributed by atoms with E-state index in [0.29, 0.717) is 25.9 Å². The van der Waals surface area contributed by atoms with Crippen LogP contribution in [0.5, 0.6) is 0 Å². The molecule has 6 nitrogen and oxygen atoms in total. The fourth-order valence-corrected chi connectivity index (χ4v) is 8.75. The number of ether oxygens (including phenoxy) is 1. The molecule has 0 aromatic carbocycles. The van der Waals surface area contributed by atoms with Crippen molar-refractivity contribution in [1.82, 2.24) is 5.32 Å². The summed E-state index contributed by atoms with van der Waals surface area (Å²) in [6, 6.07) is -0.552. The fourth-order valence-electron chi connectivity index (χ4n) is 8.75. The minimum atomic E-state index is -0.673. The van der Waals surface area contributed by atoms with Gasteiger partial charge in [0, 0.05) is 12.8 Å². The second-order valence-corrected chi connectivity index (χ2v) is 19.3. The van der Waals surface area contributed by atoms with E-state index in [0.717, 1.165) is 64.2 Å². The number of esters is 1. The van der Waals surface area contributed by atoms with Crippen molar-refractivity contribution in [3.63, 3.8) is 0 Å². The molecule has 0 aliphatic heterocycles. The van der Waals surface area contributed by atoms with E-state index >= 15 is 0 Å². The summed E-state index contributed by atoms with van der Waals surface area (Å²) in [4.78, 5) is 24.5. The second kappa shape index (κ2) is 52.2. The van der Waals surface area contributed by atoms with Gasteiger partial charge in [-0.1, -0.05) is 257 Å². The summed E-state index contributed by atoms with van der Waals surface area (Å²) in [6.07, 6.45) is 60.5. The minimum absolute atomic E-state index is 0.000467. The van der Waals surface area contributed by atoms with E-state index in [1.165, 1.54) is 212 Å². The Morgan fingerprint density at radius 3 is 1.15 bits per heavy atom. The lowest BCUT2D eigenvalue weighted by Gasteiger charge is -2.22. The Bertz CT molecular complexity index is 924. The Labute approximate surface area is 387 Å². The molecule has 0 fully saturated rings. The highest BCUT2D eigenvalue weighted by Crippen LogP contribution is 2.17. The van der Waals surface area contributed by atoms with Gasteiger partial charge >= 0.3 is 5.97 Å². The van der Waals surface area contributed by atoms with Crippen LogP contribution >= 0.6 is 0 Å². The predicted octanol–water partition coefficient (Wildman–Crippen LogP) is 16.9. The Balaban J connectivity index is 3.44. The molecule has 0 rings (SSSR count). The average Bonchev–Trinajstić information content (AvgIpc) is 3.27. The zero-order valence-electron chi connectivity index (χ0n) is 41.9. The first-order valence-corrected chi connectivity index (χ1v) is 27.9. The molecule has 2 unspecified atom stereocenters. The van der Waals surface area contributed by atoms with Gasteiger partial charge in [-0.3, -0.25) is 9.59 Å². The van der Waals surface area contributed by atoms with Gasteiger partial charge in [0.25, 0.3) is 0 Å². The third-order valence-corrected chi connectivity index (χ3v) is 13.1. The van der Waals surface area contributed by atoms with Crippen molar-refractivity contribution in [3.05, 3.63) is 12.2 Å². The largest absolute Gasteiger partial charge is 0.466 e. The number of aliphatic hydroxyl groups is 2. The molecule has 2 atom stereocenters. The van der Waals surface area contributed by atoms with E-state index < -0.39 is 12.1 Å². The van der Waals surface area contributed by atoms with Crippen LogP contribution in [0.2, 0.25) is 0 Å². The van der Waals surface area contributed by atoms with Crippen LogP contribution in [0.4, 0.5) is 0 Å². The average molecular weight is 876 g/mol. The molecule has 0 aromatic heterocycles. The molecule has 6 heteroatoms. The molecule has 0 aliphatic rings. The highest BCUT2D eigenvalue weighted by Gasteiger charge is 2.20. The van der Waals surface area contributed by atoms with Crippen LogP contribution in [0.15, 0.2) is 12.2 Å². The minimum Gasteiger partial charge on any atom is -0.466 e. The van der Waals surface area contributed by atoms with Crippen LogP contribution < -0.4 is 5.32 Å². The van der Waals surface area contributed by atoms with Gasteiger partial charge in [-0.15, -0.1) is 0 Å². The van der Waals surface area contributed by atoms with Gasteiger partial charge in [0.05, 0.1) is 25.4 Å². The molecule has 0 heterocycles. The van der Waals surface area contributed by atoms with Crippen LogP contribution in [0.25, 0.3) is 0 Å². The third kappa shape index (κ3) is 48.1. The molecule has 0 saturated carbocycles. The quantitative estimate of drug-likeness (QED) is 0.0321. The van der Waals surface area contributed by atoms with Gasteiger partial charge in [0.15, 0.2) is 0 Å². The maximum absolute atomic E-state index is 12.4. The van der Waals surface area contributed by atoms with Gasteiger partial charge in [0.2, 0.25) is 5.91 Å². The summed E-state index contributed by atoms with van der Waals surface area (Å²) in [6.45, 7) is 4.94. The first-order valence-electron chi connectivity index (χ1n) is 27.9. The number of allylic oxidation sites excluding steroid dienone is 2. The van der Waals surface area contributed by atoms with Crippen LogP contribution in [0.1, 0.15) is 309 Å². The topological polar surface area (TPSA) is 95.9 Å². The number of carbonyl (C=O) groups excluding carboxylic acids is 2. The summed E-state index contributed by atoms with van der Waals surface area (Å²) in [5, 5.41) is 23.2. The van der Waals surface area contributed by atoms with Crippen LogP contribution in [-0.4, -0.2) is 47.4 Å². The summed E-state index contributed by atoms with van der Waals surface area (Å²) in [5.41, 5.74) is 0. The standard InChI is InChI=1S/C56H109NO5/c1-3-5-7-9-11-13-15-17-21-26-30-34-38-42-46-50-56(61)62-51-47-43-39-35-31-27-23-20-19-22-25-29-33-37-41-45-49-55(60)57-53(52-58)54(59)48-44-40-36-32-28-24-18-16-14-12-10-8-6-4-2/h19,22,53-54,58-59H,3-18,20-21,23-52H2,1-2H3,(H,57,60)/b22-19-. The molecule has 0 saturated heterocycles. The van der Waals surface area contributed by atoms with Crippen molar-refractivity contribution < 1.29 is 24.5 Å². The molecule has 0 spiro atoms. The van der Waals surface area contributed by atoms with E-state index in [9.17, 15) is 19.8 Å². The number of amides is 1. The molecule has 0 bridgehead atoms. The Morgan fingerprint density at radius 2 is 0.758 bits per heavy atom. The third-order valence-electron chi connectivity index (χ3n) is 13.1. The van der Waals surface area contributed by atoms with E-state index in [2.05, 4.69) is 31.3 Å². The Morgan fingerprint density at radius 1 is 0.435 bits per heavy atom. The van der Waals surface area contributed by atoms with Gasteiger partial charge in [0.1, 0.15) is 0 Å². The highest BCUT2D eigenvalue weighted by atomic mass is 16.5. The maximum Gasteiger partial charge on any atom is 0.305 e. The van der Waals surface area contributed by atoms with E-state index in [1.54, 1.807) is 0 Å². The molecule has 0 aromatic rings. The number of aliphatic hydroxyl groups excluding tert-OH is 2. The zero-order valence-corrected chi connectivity index (χ0v) is 41.9. The van der Waals surface area contributed by atoms with Crippen molar-refractivity contribution >= 4 is 11.9 Å². The number of nitrogens with one attached hydrogen (secondary N) is 1. The SMILES string of the molecule is CCCCCCCCCCCCCCCCCC(=O)OCCCCCCCCC/C=C\CCCCCCCC(=O)NC(CO)C(O)CCCCCCCCCCCCCCCC. The van der Waals surface area contributed by atoms with E-state index in [1.807, 2.05) is 0 Å². The molecule has 368 valence electrons. The lowest BCUT2D eigenvalue weighted by atomic mass is 10.0.